The van der Waals surface area contributed by atoms with Gasteiger partial charge in [0.1, 0.15) is 24.6 Å². The van der Waals surface area contributed by atoms with Gasteiger partial charge in [-0.1, -0.05) is 10.3 Å². The van der Waals surface area contributed by atoms with Crippen molar-refractivity contribution in [3.63, 3.8) is 0 Å². The summed E-state index contributed by atoms with van der Waals surface area (Å²) in [6.07, 6.45) is 7.00. The summed E-state index contributed by atoms with van der Waals surface area (Å²) in [6, 6.07) is 15.4. The van der Waals surface area contributed by atoms with Gasteiger partial charge in [0.05, 0.1) is 36.0 Å². The van der Waals surface area contributed by atoms with Crippen LogP contribution < -0.4 is 0 Å². The molecule has 0 amide bonds. The predicted octanol–water partition coefficient (Wildman–Crippen LogP) is 3.48. The third-order valence-corrected chi connectivity index (χ3v) is 5.65. The molecule has 0 aromatic carbocycles. The topological polar surface area (TPSA) is 104 Å². The van der Waals surface area contributed by atoms with Gasteiger partial charge in [0.25, 0.3) is 0 Å². The smallest absolute Gasteiger partial charge is 0.140 e. The molecule has 0 atom stereocenters. The lowest BCUT2D eigenvalue weighted by molar-refractivity contribution is 0.0172. The maximum atomic E-state index is 5.60. The van der Waals surface area contributed by atoms with Crippen LogP contribution >= 0.6 is 0 Å². The molecule has 6 rings (SSSR count). The average molecular weight is 464 g/mol. The number of aromatic nitrogens is 4. The number of hydrogen-bond acceptors (Lipinski definition) is 9. The fraction of sp³-hybridized carbons (Fsp3) is 0.154. The van der Waals surface area contributed by atoms with E-state index in [2.05, 4.69) is 30.2 Å². The number of rotatable bonds is 8. The van der Waals surface area contributed by atoms with E-state index in [1.807, 2.05) is 48.5 Å². The normalized spacial score (nSPS) is 12.5. The lowest BCUT2D eigenvalue weighted by atomic mass is 10.1. The van der Waals surface area contributed by atoms with Gasteiger partial charge in [-0.3, -0.25) is 19.9 Å². The molecule has 0 spiro atoms. The summed E-state index contributed by atoms with van der Waals surface area (Å²) in [5.41, 5.74) is 8.39. The lowest BCUT2D eigenvalue weighted by Gasteiger charge is -2.05. The first kappa shape index (κ1) is 21.1. The van der Waals surface area contributed by atoms with Gasteiger partial charge in [0.2, 0.25) is 0 Å². The van der Waals surface area contributed by atoms with Crippen molar-refractivity contribution in [2.75, 3.05) is 26.4 Å². The Morgan fingerprint density at radius 3 is 1.17 bits per heavy atom. The Labute approximate surface area is 201 Å². The molecule has 4 aromatic rings. The van der Waals surface area contributed by atoms with E-state index in [1.54, 1.807) is 24.8 Å². The van der Waals surface area contributed by atoms with Gasteiger partial charge in [0.15, 0.2) is 0 Å². The van der Waals surface area contributed by atoms with Crippen LogP contribution in [0.15, 0.2) is 83.6 Å². The number of ether oxygens (including phenoxy) is 1. The number of hydrogen-bond donors (Lipinski definition) is 0. The van der Waals surface area contributed by atoms with Crippen molar-refractivity contribution in [1.29, 1.82) is 0 Å². The minimum Gasteiger partial charge on any atom is -0.393 e. The zero-order valence-electron chi connectivity index (χ0n) is 18.7. The van der Waals surface area contributed by atoms with Crippen LogP contribution in [-0.4, -0.2) is 57.8 Å². The number of oxime groups is 2. The van der Waals surface area contributed by atoms with Crippen LogP contribution in [0.25, 0.3) is 22.8 Å². The minimum absolute atomic E-state index is 0.307. The maximum absolute atomic E-state index is 5.60. The van der Waals surface area contributed by atoms with Crippen LogP contribution in [0, 0.1) is 0 Å². The van der Waals surface area contributed by atoms with E-state index in [9.17, 15) is 0 Å². The summed E-state index contributed by atoms with van der Waals surface area (Å²) >= 11 is 0. The zero-order valence-corrected chi connectivity index (χ0v) is 18.7. The molecule has 9 nitrogen and oxygen atoms in total. The van der Waals surface area contributed by atoms with Crippen LogP contribution in [0.3, 0.4) is 0 Å². The summed E-state index contributed by atoms with van der Waals surface area (Å²) in [6.45, 7) is 1.36. The monoisotopic (exact) mass is 464 g/mol. The summed E-state index contributed by atoms with van der Waals surface area (Å²) in [7, 11) is 0. The van der Waals surface area contributed by atoms with E-state index in [4.69, 9.17) is 14.4 Å². The molecule has 0 radical (unpaired) electrons. The highest BCUT2D eigenvalue weighted by Crippen LogP contribution is 2.34. The van der Waals surface area contributed by atoms with E-state index in [0.717, 1.165) is 56.5 Å². The second kappa shape index (κ2) is 9.40. The van der Waals surface area contributed by atoms with Gasteiger partial charge < -0.3 is 14.4 Å². The van der Waals surface area contributed by atoms with Crippen molar-refractivity contribution in [2.45, 2.75) is 0 Å². The fourth-order valence-corrected chi connectivity index (χ4v) is 4.14. The maximum Gasteiger partial charge on any atom is 0.140 e. The molecule has 2 aliphatic carbocycles. The summed E-state index contributed by atoms with van der Waals surface area (Å²) in [5.74, 6) is 0. The molecule has 172 valence electrons. The van der Waals surface area contributed by atoms with Crippen molar-refractivity contribution < 1.29 is 14.4 Å². The van der Waals surface area contributed by atoms with Crippen LogP contribution in [0.1, 0.15) is 22.3 Å². The minimum atomic E-state index is 0.307. The molecule has 2 aliphatic rings. The Kier molecular flexibility index (Phi) is 5.65. The van der Waals surface area contributed by atoms with Crippen LogP contribution in [-0.2, 0) is 14.4 Å². The van der Waals surface area contributed by atoms with E-state index in [1.165, 1.54) is 0 Å². The van der Waals surface area contributed by atoms with Gasteiger partial charge >= 0.3 is 0 Å². The molecule has 35 heavy (non-hydrogen) atoms. The second-order valence-corrected chi connectivity index (χ2v) is 7.76. The average Bonchev–Trinajstić information content (AvgIpc) is 3.41. The molecule has 0 saturated carbocycles. The van der Waals surface area contributed by atoms with Crippen molar-refractivity contribution in [1.82, 2.24) is 19.9 Å². The first-order valence-corrected chi connectivity index (χ1v) is 11.2. The predicted molar refractivity (Wildman–Crippen MR) is 129 cm³/mol. The van der Waals surface area contributed by atoms with E-state index in [-0.39, 0.29) is 0 Å². The van der Waals surface area contributed by atoms with Crippen molar-refractivity contribution >= 4 is 11.4 Å². The second-order valence-electron chi connectivity index (χ2n) is 7.76. The molecule has 4 aromatic heterocycles. The molecule has 0 fully saturated rings. The SMILES string of the molecule is c1cnc2c(c1)C(=NOCCOCCON=C1c3cccnc3-c3ncccc31)c1cccnc1-2. The van der Waals surface area contributed by atoms with Crippen LogP contribution in [0.2, 0.25) is 0 Å². The van der Waals surface area contributed by atoms with E-state index >= 15 is 0 Å². The first-order chi connectivity index (χ1) is 17.4. The quantitative estimate of drug-likeness (QED) is 0.251. The Morgan fingerprint density at radius 1 is 0.486 bits per heavy atom. The first-order valence-electron chi connectivity index (χ1n) is 11.2. The standard InChI is InChI=1S/C26H20N6O3/c1-5-17-21(18-6-2-10-28-24(18)23(17)27-9-1)31-34-15-13-33-14-16-35-32-22-19-7-3-11-29-25(19)26-20(22)8-4-12-30-26/h1-12H,13-16H2. The summed E-state index contributed by atoms with van der Waals surface area (Å²) in [4.78, 5) is 28.8. The largest absolute Gasteiger partial charge is 0.393 e. The van der Waals surface area contributed by atoms with E-state index < -0.39 is 0 Å². The summed E-state index contributed by atoms with van der Waals surface area (Å²) < 4.78 is 5.60. The molecular weight excluding hydrogens is 444 g/mol. The molecule has 0 N–H and O–H groups in total. The number of pyridine rings is 4. The van der Waals surface area contributed by atoms with Gasteiger partial charge in [-0.2, -0.15) is 0 Å². The van der Waals surface area contributed by atoms with Gasteiger partial charge in [0, 0.05) is 47.0 Å². The Morgan fingerprint density at radius 2 is 0.829 bits per heavy atom. The summed E-state index contributed by atoms with van der Waals surface area (Å²) in [5, 5.41) is 8.65. The molecule has 0 bridgehead atoms. The third kappa shape index (κ3) is 3.91. The highest BCUT2D eigenvalue weighted by Gasteiger charge is 2.28. The molecule has 9 heteroatoms. The number of nitrogens with zero attached hydrogens (tertiary/aromatic N) is 6. The van der Waals surface area contributed by atoms with Crippen LogP contribution in [0.5, 0.6) is 0 Å². The van der Waals surface area contributed by atoms with E-state index in [0.29, 0.717) is 26.4 Å². The molecule has 4 heterocycles. The Hall–Kier alpha value is -4.50. The third-order valence-electron chi connectivity index (χ3n) is 5.65. The zero-order chi connectivity index (χ0) is 23.5. The molecule has 0 saturated heterocycles. The van der Waals surface area contributed by atoms with Crippen LogP contribution in [0.4, 0.5) is 0 Å². The highest BCUT2D eigenvalue weighted by molar-refractivity contribution is 6.23. The van der Waals surface area contributed by atoms with Gasteiger partial charge in [-0.25, -0.2) is 0 Å². The van der Waals surface area contributed by atoms with Gasteiger partial charge in [-0.15, -0.1) is 0 Å². The fourth-order valence-electron chi connectivity index (χ4n) is 4.14. The van der Waals surface area contributed by atoms with Gasteiger partial charge in [-0.05, 0) is 48.5 Å². The lowest BCUT2D eigenvalue weighted by Crippen LogP contribution is -2.09. The Balaban J connectivity index is 0.999. The van der Waals surface area contributed by atoms with Crippen molar-refractivity contribution in [3.05, 3.63) is 95.6 Å². The van der Waals surface area contributed by atoms with Crippen molar-refractivity contribution in [3.8, 4) is 22.8 Å². The highest BCUT2D eigenvalue weighted by atomic mass is 16.7. The number of fused-ring (bicyclic) bond motifs is 6. The van der Waals surface area contributed by atoms with Crippen molar-refractivity contribution in [2.24, 2.45) is 10.3 Å². The Bertz CT molecular complexity index is 1250. The molecule has 0 aliphatic heterocycles. The molecular formula is C26H20N6O3. The molecule has 0 unspecified atom stereocenters.